The third-order valence-electron chi connectivity index (χ3n) is 4.82. The van der Waals surface area contributed by atoms with Gasteiger partial charge in [-0.05, 0) is 36.1 Å². The van der Waals surface area contributed by atoms with Crippen LogP contribution in [0.2, 0.25) is 0 Å². The third-order valence-corrected chi connectivity index (χ3v) is 5.67. The Morgan fingerprint density at radius 1 is 1.15 bits per heavy atom. The van der Waals surface area contributed by atoms with Crippen LogP contribution in [0.4, 0.5) is 0 Å². The molecular weight excluding hydrogens is 358 g/mol. The maximum Gasteiger partial charge on any atom is 0.157 e. The van der Waals surface area contributed by atoms with E-state index in [0.717, 1.165) is 36.0 Å². The summed E-state index contributed by atoms with van der Waals surface area (Å²) in [6, 6.07) is 12.1. The van der Waals surface area contributed by atoms with Gasteiger partial charge in [0, 0.05) is 25.0 Å². The lowest BCUT2D eigenvalue weighted by Gasteiger charge is -2.13. The van der Waals surface area contributed by atoms with Crippen LogP contribution in [0, 0.1) is 0 Å². The van der Waals surface area contributed by atoms with Crippen LogP contribution in [0.1, 0.15) is 12.6 Å². The van der Waals surface area contributed by atoms with Crippen molar-refractivity contribution < 1.29 is 9.47 Å². The largest absolute Gasteiger partial charge is 0.497 e. The molecule has 4 rings (SSSR count). The minimum atomic E-state index is 0.572. The number of ether oxygens (including phenoxy) is 2. The van der Waals surface area contributed by atoms with E-state index in [0.29, 0.717) is 6.61 Å². The molecule has 0 amide bonds. The Morgan fingerprint density at radius 3 is 2.78 bits per heavy atom. The van der Waals surface area contributed by atoms with Gasteiger partial charge in [0.2, 0.25) is 0 Å². The summed E-state index contributed by atoms with van der Waals surface area (Å²) < 4.78 is 17.0. The Labute approximate surface area is 162 Å². The van der Waals surface area contributed by atoms with Gasteiger partial charge in [-0.1, -0.05) is 13.0 Å². The van der Waals surface area contributed by atoms with Gasteiger partial charge in [-0.3, -0.25) is 0 Å². The van der Waals surface area contributed by atoms with E-state index in [2.05, 4.69) is 40.6 Å². The monoisotopic (exact) mass is 381 g/mol. The van der Waals surface area contributed by atoms with Crippen LogP contribution in [-0.4, -0.2) is 27.8 Å². The van der Waals surface area contributed by atoms with Crippen molar-refractivity contribution in [2.24, 2.45) is 7.05 Å². The minimum absolute atomic E-state index is 0.572. The van der Waals surface area contributed by atoms with Crippen LogP contribution in [-0.2, 0) is 20.0 Å². The maximum absolute atomic E-state index is 5.95. The van der Waals surface area contributed by atoms with Crippen molar-refractivity contribution >= 4 is 21.6 Å². The van der Waals surface area contributed by atoms with Crippen molar-refractivity contribution in [2.45, 2.75) is 19.9 Å². The average Bonchev–Trinajstić information content (AvgIpc) is 3.38. The van der Waals surface area contributed by atoms with Gasteiger partial charge in [-0.15, -0.1) is 11.3 Å². The van der Waals surface area contributed by atoms with Crippen molar-refractivity contribution in [3.05, 3.63) is 53.7 Å². The first-order valence-electron chi connectivity index (χ1n) is 9.05. The highest BCUT2D eigenvalue weighted by Crippen LogP contribution is 2.30. The number of imidazole rings is 1. The van der Waals surface area contributed by atoms with Crippen LogP contribution in [0.3, 0.4) is 0 Å². The summed E-state index contributed by atoms with van der Waals surface area (Å²) in [5, 5.41) is 2.13. The second-order valence-electron chi connectivity index (χ2n) is 6.36. The van der Waals surface area contributed by atoms with E-state index in [-0.39, 0.29) is 0 Å². The molecule has 27 heavy (non-hydrogen) atoms. The quantitative estimate of drug-likeness (QED) is 0.464. The van der Waals surface area contributed by atoms with E-state index in [1.165, 1.54) is 15.9 Å². The van der Waals surface area contributed by atoms with E-state index in [1.807, 2.05) is 30.5 Å². The summed E-state index contributed by atoms with van der Waals surface area (Å²) in [5.74, 6) is 2.61. The Balaban J connectivity index is 1.57. The lowest BCUT2D eigenvalue weighted by atomic mass is 10.3. The predicted molar refractivity (Wildman–Crippen MR) is 110 cm³/mol. The highest BCUT2D eigenvalue weighted by atomic mass is 32.1. The minimum Gasteiger partial charge on any atom is -0.497 e. The van der Waals surface area contributed by atoms with Crippen LogP contribution >= 0.6 is 11.3 Å². The van der Waals surface area contributed by atoms with Crippen molar-refractivity contribution in [2.75, 3.05) is 13.7 Å². The molecule has 3 aromatic heterocycles. The van der Waals surface area contributed by atoms with Crippen LogP contribution < -0.4 is 9.47 Å². The first kappa shape index (κ1) is 17.7. The molecule has 5 nitrogen and oxygen atoms in total. The van der Waals surface area contributed by atoms with Crippen molar-refractivity contribution in [1.82, 2.24) is 14.1 Å². The zero-order chi connectivity index (χ0) is 18.8. The number of methoxy groups -OCH3 is 1. The molecule has 0 bridgehead atoms. The molecule has 4 aromatic rings. The highest BCUT2D eigenvalue weighted by Gasteiger charge is 2.16. The van der Waals surface area contributed by atoms with E-state index >= 15 is 0 Å². The normalized spacial score (nSPS) is 11.2. The summed E-state index contributed by atoms with van der Waals surface area (Å²) in [6.07, 6.45) is 2.91. The average molecular weight is 382 g/mol. The third kappa shape index (κ3) is 3.32. The SMILES string of the molecule is CCc1cnc(-c2cc3sccc3n2C)n1CCOc1cccc(OC)c1. The van der Waals surface area contributed by atoms with E-state index in [4.69, 9.17) is 14.5 Å². The fourth-order valence-corrected chi connectivity index (χ4v) is 4.21. The smallest absolute Gasteiger partial charge is 0.157 e. The number of rotatable bonds is 7. The Bertz CT molecular complexity index is 1060. The predicted octanol–water partition coefficient (Wildman–Crippen LogP) is 4.75. The second kappa shape index (κ2) is 7.48. The molecule has 0 aliphatic rings. The summed E-state index contributed by atoms with van der Waals surface area (Å²) >= 11 is 1.76. The van der Waals surface area contributed by atoms with Gasteiger partial charge >= 0.3 is 0 Å². The van der Waals surface area contributed by atoms with Crippen LogP contribution in [0.25, 0.3) is 21.7 Å². The number of aromatic nitrogens is 3. The lowest BCUT2D eigenvalue weighted by Crippen LogP contribution is -2.12. The van der Waals surface area contributed by atoms with Gasteiger partial charge in [-0.2, -0.15) is 0 Å². The number of hydrogen-bond acceptors (Lipinski definition) is 4. The molecule has 0 N–H and O–H groups in total. The molecule has 0 unspecified atom stereocenters. The maximum atomic E-state index is 5.95. The number of benzene rings is 1. The number of thiophene rings is 1. The van der Waals surface area contributed by atoms with Gasteiger partial charge in [0.05, 0.1) is 29.6 Å². The molecule has 6 heteroatoms. The number of hydrogen-bond donors (Lipinski definition) is 0. The molecule has 0 spiro atoms. The zero-order valence-corrected chi connectivity index (χ0v) is 16.6. The molecule has 0 saturated carbocycles. The fourth-order valence-electron chi connectivity index (χ4n) is 3.36. The van der Waals surface area contributed by atoms with Crippen molar-refractivity contribution in [3.63, 3.8) is 0 Å². The lowest BCUT2D eigenvalue weighted by molar-refractivity contribution is 0.295. The molecule has 0 aliphatic carbocycles. The number of nitrogens with zero attached hydrogens (tertiary/aromatic N) is 3. The van der Waals surface area contributed by atoms with Gasteiger partial charge in [0.25, 0.3) is 0 Å². The molecule has 0 fully saturated rings. The standard InChI is InChI=1S/C21H23N3O2S/c1-4-15-14-22-21(19-13-20-18(23(19)2)8-11-27-20)24(15)9-10-26-17-7-5-6-16(12-17)25-3/h5-8,11-14H,4,9-10H2,1-3H3. The fraction of sp³-hybridized carbons (Fsp3) is 0.286. The Morgan fingerprint density at radius 2 is 2.00 bits per heavy atom. The molecule has 0 aliphatic heterocycles. The van der Waals surface area contributed by atoms with Gasteiger partial charge in [0.15, 0.2) is 5.82 Å². The second-order valence-corrected chi connectivity index (χ2v) is 7.31. The van der Waals surface area contributed by atoms with Gasteiger partial charge in [-0.25, -0.2) is 4.98 Å². The van der Waals surface area contributed by atoms with Gasteiger partial charge in [0.1, 0.15) is 18.1 Å². The van der Waals surface area contributed by atoms with Crippen LogP contribution in [0.5, 0.6) is 11.5 Å². The van der Waals surface area contributed by atoms with Crippen molar-refractivity contribution in [1.29, 1.82) is 0 Å². The molecule has 3 heterocycles. The summed E-state index contributed by atoms with van der Waals surface area (Å²) in [7, 11) is 3.76. The molecular formula is C21H23N3O2S. The first-order chi connectivity index (χ1) is 13.2. The first-order valence-corrected chi connectivity index (χ1v) is 9.93. The van der Waals surface area contributed by atoms with Crippen molar-refractivity contribution in [3.8, 4) is 23.0 Å². The molecule has 1 aromatic carbocycles. The Kier molecular flexibility index (Phi) is 4.90. The Hall–Kier alpha value is -2.73. The summed E-state index contributed by atoms with van der Waals surface area (Å²) in [4.78, 5) is 4.72. The molecule has 0 atom stereocenters. The number of fused-ring (bicyclic) bond motifs is 1. The number of aryl methyl sites for hydroxylation is 2. The zero-order valence-electron chi connectivity index (χ0n) is 15.8. The topological polar surface area (TPSA) is 41.2 Å². The molecule has 0 radical (unpaired) electrons. The van der Waals surface area contributed by atoms with E-state index in [9.17, 15) is 0 Å². The molecule has 0 saturated heterocycles. The summed E-state index contributed by atoms with van der Waals surface area (Å²) in [5.41, 5.74) is 3.59. The van der Waals surface area contributed by atoms with E-state index < -0.39 is 0 Å². The highest BCUT2D eigenvalue weighted by molar-refractivity contribution is 7.17. The summed E-state index contributed by atoms with van der Waals surface area (Å²) in [6.45, 7) is 3.47. The van der Waals surface area contributed by atoms with Gasteiger partial charge < -0.3 is 18.6 Å². The molecule has 140 valence electrons. The van der Waals surface area contributed by atoms with E-state index in [1.54, 1.807) is 18.4 Å². The van der Waals surface area contributed by atoms with Crippen LogP contribution in [0.15, 0.2) is 48.0 Å².